The lowest BCUT2D eigenvalue weighted by molar-refractivity contribution is -0.146. The molecular weight excluding hydrogens is 254 g/mol. The predicted molar refractivity (Wildman–Crippen MR) is 67.3 cm³/mol. The Morgan fingerprint density at radius 1 is 1.56 bits per heavy atom. The SMILES string of the molecule is O=C(CCn1cccn1)NC1(C(=O)O)CCSC1. The number of rotatable bonds is 5. The molecule has 0 aliphatic carbocycles. The van der Waals surface area contributed by atoms with Gasteiger partial charge in [0.2, 0.25) is 5.91 Å². The minimum Gasteiger partial charge on any atom is -0.479 e. The van der Waals surface area contributed by atoms with E-state index in [0.717, 1.165) is 5.75 Å². The Balaban J connectivity index is 1.88. The van der Waals surface area contributed by atoms with Crippen molar-refractivity contribution in [3.05, 3.63) is 18.5 Å². The molecule has 0 aromatic carbocycles. The van der Waals surface area contributed by atoms with Gasteiger partial charge in [0.05, 0.1) is 0 Å². The lowest BCUT2D eigenvalue weighted by Gasteiger charge is -2.24. The molecule has 1 aliphatic heterocycles. The molecule has 1 atom stereocenters. The molecule has 1 unspecified atom stereocenters. The van der Waals surface area contributed by atoms with E-state index in [0.29, 0.717) is 18.7 Å². The number of nitrogens with one attached hydrogen (secondary N) is 1. The smallest absolute Gasteiger partial charge is 0.330 e. The Morgan fingerprint density at radius 2 is 2.39 bits per heavy atom. The third kappa shape index (κ3) is 2.84. The van der Waals surface area contributed by atoms with Crippen molar-refractivity contribution in [3.63, 3.8) is 0 Å². The third-order valence-corrected chi connectivity index (χ3v) is 4.13. The van der Waals surface area contributed by atoms with Gasteiger partial charge in [0.15, 0.2) is 0 Å². The molecule has 1 amide bonds. The van der Waals surface area contributed by atoms with Gasteiger partial charge in [-0.05, 0) is 18.2 Å². The van der Waals surface area contributed by atoms with Crippen LogP contribution in [0.2, 0.25) is 0 Å². The average molecular weight is 269 g/mol. The second-order valence-corrected chi connectivity index (χ2v) is 5.36. The summed E-state index contributed by atoms with van der Waals surface area (Å²) in [7, 11) is 0. The van der Waals surface area contributed by atoms with Crippen molar-refractivity contribution in [1.29, 1.82) is 0 Å². The number of carbonyl (C=O) groups is 2. The van der Waals surface area contributed by atoms with Crippen molar-refractivity contribution in [3.8, 4) is 0 Å². The van der Waals surface area contributed by atoms with Gasteiger partial charge in [-0.25, -0.2) is 4.79 Å². The fraction of sp³-hybridized carbons (Fsp3) is 0.545. The Hall–Kier alpha value is -1.50. The number of carbonyl (C=O) groups excluding carboxylic acids is 1. The van der Waals surface area contributed by atoms with Crippen LogP contribution in [0.5, 0.6) is 0 Å². The van der Waals surface area contributed by atoms with E-state index in [4.69, 9.17) is 0 Å². The van der Waals surface area contributed by atoms with E-state index in [1.54, 1.807) is 34.9 Å². The van der Waals surface area contributed by atoms with Crippen LogP contribution in [0.3, 0.4) is 0 Å². The van der Waals surface area contributed by atoms with Gasteiger partial charge in [-0.15, -0.1) is 0 Å². The van der Waals surface area contributed by atoms with E-state index in [2.05, 4.69) is 10.4 Å². The molecule has 18 heavy (non-hydrogen) atoms. The van der Waals surface area contributed by atoms with Crippen LogP contribution in [0.1, 0.15) is 12.8 Å². The quantitative estimate of drug-likeness (QED) is 0.805. The van der Waals surface area contributed by atoms with Gasteiger partial charge in [0.1, 0.15) is 5.54 Å². The zero-order valence-electron chi connectivity index (χ0n) is 9.83. The van der Waals surface area contributed by atoms with Crippen LogP contribution >= 0.6 is 11.8 Å². The molecule has 98 valence electrons. The molecule has 1 aliphatic rings. The molecule has 0 radical (unpaired) electrons. The van der Waals surface area contributed by atoms with E-state index in [-0.39, 0.29) is 12.3 Å². The van der Waals surface area contributed by atoms with Gasteiger partial charge in [0, 0.05) is 31.1 Å². The van der Waals surface area contributed by atoms with Crippen LogP contribution in [0, 0.1) is 0 Å². The molecule has 7 heteroatoms. The van der Waals surface area contributed by atoms with Crippen LogP contribution in [0.4, 0.5) is 0 Å². The topological polar surface area (TPSA) is 84.2 Å². The fourth-order valence-electron chi connectivity index (χ4n) is 1.86. The molecule has 0 bridgehead atoms. The van der Waals surface area contributed by atoms with Crippen molar-refractivity contribution < 1.29 is 14.7 Å². The predicted octanol–water partition coefficient (Wildman–Crippen LogP) is 0.350. The van der Waals surface area contributed by atoms with Crippen molar-refractivity contribution in [1.82, 2.24) is 15.1 Å². The molecular formula is C11H15N3O3S. The molecule has 6 nitrogen and oxygen atoms in total. The average Bonchev–Trinajstić information content (AvgIpc) is 2.97. The maximum Gasteiger partial charge on any atom is 0.330 e. The van der Waals surface area contributed by atoms with Crippen molar-refractivity contribution in [2.24, 2.45) is 0 Å². The molecule has 1 aromatic rings. The molecule has 1 saturated heterocycles. The number of nitrogens with zero attached hydrogens (tertiary/aromatic N) is 2. The first-order chi connectivity index (χ1) is 8.62. The summed E-state index contributed by atoms with van der Waals surface area (Å²) in [4.78, 5) is 23.0. The van der Waals surface area contributed by atoms with Crippen LogP contribution < -0.4 is 5.32 Å². The molecule has 2 rings (SSSR count). The van der Waals surface area contributed by atoms with Gasteiger partial charge < -0.3 is 10.4 Å². The number of thioether (sulfide) groups is 1. The zero-order chi connectivity index (χ0) is 13.0. The number of aryl methyl sites for hydroxylation is 1. The van der Waals surface area contributed by atoms with E-state index in [1.807, 2.05) is 0 Å². The summed E-state index contributed by atoms with van der Waals surface area (Å²) in [5, 5.41) is 15.9. The highest BCUT2D eigenvalue weighted by molar-refractivity contribution is 7.99. The molecule has 1 fully saturated rings. The number of carboxylic acids is 1. The van der Waals surface area contributed by atoms with Crippen LogP contribution in [0.15, 0.2) is 18.5 Å². The van der Waals surface area contributed by atoms with Gasteiger partial charge in [-0.2, -0.15) is 16.9 Å². The Morgan fingerprint density at radius 3 is 2.94 bits per heavy atom. The second kappa shape index (κ2) is 5.43. The summed E-state index contributed by atoms with van der Waals surface area (Å²) >= 11 is 1.55. The van der Waals surface area contributed by atoms with E-state index < -0.39 is 11.5 Å². The first-order valence-electron chi connectivity index (χ1n) is 5.72. The zero-order valence-corrected chi connectivity index (χ0v) is 10.7. The van der Waals surface area contributed by atoms with Crippen molar-refractivity contribution in [2.75, 3.05) is 11.5 Å². The van der Waals surface area contributed by atoms with Gasteiger partial charge in [-0.3, -0.25) is 9.48 Å². The summed E-state index contributed by atoms with van der Waals surface area (Å²) in [6.07, 6.45) is 4.14. The van der Waals surface area contributed by atoms with Crippen LogP contribution in [-0.4, -0.2) is 43.8 Å². The lowest BCUT2D eigenvalue weighted by Crippen LogP contribution is -2.54. The molecule has 0 spiro atoms. The summed E-state index contributed by atoms with van der Waals surface area (Å²) in [6.45, 7) is 0.460. The normalized spacial score (nSPS) is 22.9. The van der Waals surface area contributed by atoms with E-state index in [9.17, 15) is 14.7 Å². The maximum absolute atomic E-state index is 11.8. The summed E-state index contributed by atoms with van der Waals surface area (Å²) < 4.78 is 1.65. The maximum atomic E-state index is 11.8. The fourth-order valence-corrected chi connectivity index (χ4v) is 3.19. The second-order valence-electron chi connectivity index (χ2n) is 4.26. The summed E-state index contributed by atoms with van der Waals surface area (Å²) in [5.74, 6) is 0.0250. The van der Waals surface area contributed by atoms with Crippen molar-refractivity contribution in [2.45, 2.75) is 24.9 Å². The van der Waals surface area contributed by atoms with Crippen molar-refractivity contribution >= 4 is 23.6 Å². The molecule has 0 saturated carbocycles. The summed E-state index contributed by atoms with van der Waals surface area (Å²) in [5.41, 5.74) is -1.08. The van der Waals surface area contributed by atoms with Gasteiger partial charge in [0.25, 0.3) is 0 Å². The minimum atomic E-state index is -1.08. The highest BCUT2D eigenvalue weighted by Gasteiger charge is 2.43. The number of aliphatic carboxylic acids is 1. The first kappa shape index (κ1) is 12.9. The largest absolute Gasteiger partial charge is 0.479 e. The molecule has 2 heterocycles. The number of carboxylic acid groups (broad SMARTS) is 1. The van der Waals surface area contributed by atoms with Gasteiger partial charge in [-0.1, -0.05) is 0 Å². The van der Waals surface area contributed by atoms with Crippen LogP contribution in [0.25, 0.3) is 0 Å². The van der Waals surface area contributed by atoms with Gasteiger partial charge >= 0.3 is 5.97 Å². The molecule has 2 N–H and O–H groups in total. The molecule has 1 aromatic heterocycles. The lowest BCUT2D eigenvalue weighted by atomic mass is 9.99. The number of hydrogen-bond acceptors (Lipinski definition) is 4. The monoisotopic (exact) mass is 269 g/mol. The standard InChI is InChI=1S/C11H15N3O3S/c15-9(2-6-14-5-1-4-12-14)13-11(10(16)17)3-7-18-8-11/h1,4-5H,2-3,6-8H2,(H,13,15)(H,16,17). The Labute approximate surface area is 109 Å². The van der Waals surface area contributed by atoms with E-state index in [1.165, 1.54) is 0 Å². The minimum absolute atomic E-state index is 0.237. The number of hydrogen-bond donors (Lipinski definition) is 2. The summed E-state index contributed by atoms with van der Waals surface area (Å²) in [6, 6.07) is 1.78. The number of aromatic nitrogens is 2. The first-order valence-corrected chi connectivity index (χ1v) is 6.87. The Kier molecular flexibility index (Phi) is 3.90. The third-order valence-electron chi connectivity index (χ3n) is 2.94. The highest BCUT2D eigenvalue weighted by Crippen LogP contribution is 2.28. The number of amides is 1. The highest BCUT2D eigenvalue weighted by atomic mass is 32.2. The van der Waals surface area contributed by atoms with E-state index >= 15 is 0 Å². The Bertz CT molecular complexity index is 427. The van der Waals surface area contributed by atoms with Crippen LogP contribution in [-0.2, 0) is 16.1 Å².